The molecule has 3 heteroatoms. The number of nitrogens with zero attached hydrogens (tertiary/aromatic N) is 1. The average Bonchev–Trinajstić information content (AvgIpc) is 3.31. The normalized spacial score (nSPS) is 20.7. The van der Waals surface area contributed by atoms with E-state index >= 15 is 0 Å². The van der Waals surface area contributed by atoms with Crippen LogP contribution in [0.5, 0.6) is 0 Å². The minimum absolute atomic E-state index is 0.724. The van der Waals surface area contributed by atoms with Gasteiger partial charge in [0.05, 0.1) is 0 Å². The molecule has 0 aromatic carbocycles. The maximum Gasteiger partial charge on any atom is 0.0233 e. The van der Waals surface area contributed by atoms with Gasteiger partial charge in [-0.1, -0.05) is 39.2 Å². The van der Waals surface area contributed by atoms with Crippen molar-refractivity contribution >= 4 is 11.9 Å². The summed E-state index contributed by atoms with van der Waals surface area (Å²) in [5.74, 6) is 0. The molecule has 19 heavy (non-hydrogen) atoms. The molecule has 0 amide bonds. The van der Waals surface area contributed by atoms with E-state index < -0.39 is 0 Å². The van der Waals surface area contributed by atoms with E-state index in [0.29, 0.717) is 0 Å². The third kappa shape index (κ3) is 5.55. The lowest BCUT2D eigenvalue weighted by Crippen LogP contribution is -2.40. The van der Waals surface area contributed by atoms with E-state index in [1.807, 2.05) is 44.0 Å². The van der Waals surface area contributed by atoms with Crippen LogP contribution in [0, 0.1) is 0 Å². The molecule has 2 nitrogen and oxygen atoms in total. The summed E-state index contributed by atoms with van der Waals surface area (Å²) in [4.78, 5) is 1.21. The van der Waals surface area contributed by atoms with Gasteiger partial charge in [0.15, 0.2) is 0 Å². The van der Waals surface area contributed by atoms with Gasteiger partial charge in [-0.15, -0.1) is 0 Å². The standard InChI is InChI=1S/C14H22N2S.C2H6/c1-3-5-14(4-2)17-16(12-6-7-12)13-8-10-15-11-9-13;1-2/h3-5,12-13,15H,1-2,6-11H2;1-2H3/b14-5+;. The fraction of sp³-hybridized carbons (Fsp3) is 0.625. The fourth-order valence-corrected chi connectivity index (χ4v) is 3.41. The van der Waals surface area contributed by atoms with Crippen LogP contribution in [0.3, 0.4) is 0 Å². The van der Waals surface area contributed by atoms with Crippen molar-refractivity contribution in [2.24, 2.45) is 0 Å². The summed E-state index contributed by atoms with van der Waals surface area (Å²) in [6.45, 7) is 14.0. The van der Waals surface area contributed by atoms with Gasteiger partial charge in [0.1, 0.15) is 0 Å². The Morgan fingerprint density at radius 1 is 1.11 bits per heavy atom. The Morgan fingerprint density at radius 3 is 2.16 bits per heavy atom. The first kappa shape index (κ1) is 16.5. The predicted octanol–water partition coefficient (Wildman–Crippen LogP) is 4.13. The van der Waals surface area contributed by atoms with Crippen LogP contribution in [0.1, 0.15) is 39.5 Å². The zero-order valence-electron chi connectivity index (χ0n) is 12.4. The van der Waals surface area contributed by atoms with Crippen LogP contribution in [0.4, 0.5) is 0 Å². The topological polar surface area (TPSA) is 15.3 Å². The number of nitrogens with one attached hydrogen (secondary N) is 1. The lowest BCUT2D eigenvalue weighted by molar-refractivity contribution is 0.277. The van der Waals surface area contributed by atoms with Crippen molar-refractivity contribution in [1.82, 2.24) is 9.62 Å². The average molecular weight is 280 g/mol. The highest BCUT2D eigenvalue weighted by atomic mass is 32.2. The summed E-state index contributed by atoms with van der Waals surface area (Å²) in [6.07, 6.45) is 11.1. The molecule has 0 atom stereocenters. The van der Waals surface area contributed by atoms with Crippen LogP contribution in [-0.4, -0.2) is 29.5 Å². The van der Waals surface area contributed by atoms with Gasteiger partial charge in [-0.2, -0.15) is 0 Å². The van der Waals surface area contributed by atoms with Crippen molar-refractivity contribution < 1.29 is 0 Å². The Hall–Kier alpha value is -0.510. The minimum atomic E-state index is 0.724. The van der Waals surface area contributed by atoms with Gasteiger partial charge in [0.25, 0.3) is 0 Å². The molecule has 0 bridgehead atoms. The molecule has 2 aliphatic rings. The van der Waals surface area contributed by atoms with Crippen LogP contribution < -0.4 is 5.32 Å². The van der Waals surface area contributed by atoms with Gasteiger partial charge < -0.3 is 5.32 Å². The van der Waals surface area contributed by atoms with E-state index in [0.717, 1.165) is 25.2 Å². The maximum atomic E-state index is 3.88. The van der Waals surface area contributed by atoms with E-state index in [-0.39, 0.29) is 0 Å². The van der Waals surface area contributed by atoms with Crippen molar-refractivity contribution in [2.45, 2.75) is 51.6 Å². The highest BCUT2D eigenvalue weighted by Gasteiger charge is 2.35. The summed E-state index contributed by atoms with van der Waals surface area (Å²) >= 11 is 1.87. The van der Waals surface area contributed by atoms with Crippen molar-refractivity contribution in [2.75, 3.05) is 13.1 Å². The SMILES string of the molecule is C=C/C=C(\C=C)SN(C1CCNCC1)C1CC1.CC. The number of hydrogen-bond donors (Lipinski definition) is 1. The van der Waals surface area contributed by atoms with Gasteiger partial charge in [0.2, 0.25) is 0 Å². The highest BCUT2D eigenvalue weighted by molar-refractivity contribution is 8.01. The molecule has 0 spiro atoms. The summed E-state index contributed by atoms with van der Waals surface area (Å²) in [5, 5.41) is 3.43. The Morgan fingerprint density at radius 2 is 1.68 bits per heavy atom. The molecule has 108 valence electrons. The second kappa shape index (κ2) is 9.40. The molecule has 1 heterocycles. The molecule has 1 aliphatic carbocycles. The lowest BCUT2D eigenvalue weighted by Gasteiger charge is -2.33. The van der Waals surface area contributed by atoms with Gasteiger partial charge in [-0.25, -0.2) is 4.31 Å². The van der Waals surface area contributed by atoms with Crippen LogP contribution >= 0.6 is 11.9 Å². The maximum absolute atomic E-state index is 3.88. The van der Waals surface area contributed by atoms with Crippen LogP contribution in [0.25, 0.3) is 0 Å². The number of hydrogen-bond acceptors (Lipinski definition) is 3. The zero-order valence-corrected chi connectivity index (χ0v) is 13.2. The molecular weight excluding hydrogens is 252 g/mol. The molecule has 2 rings (SSSR count). The van der Waals surface area contributed by atoms with Crippen LogP contribution in [0.15, 0.2) is 36.3 Å². The summed E-state index contributed by atoms with van der Waals surface area (Å²) in [6, 6.07) is 1.51. The molecule has 0 aromatic rings. The fourth-order valence-electron chi connectivity index (χ4n) is 2.21. The summed E-state index contributed by atoms with van der Waals surface area (Å²) < 4.78 is 2.61. The first-order valence-corrected chi connectivity index (χ1v) is 8.24. The van der Waals surface area contributed by atoms with Crippen LogP contribution in [-0.2, 0) is 0 Å². The monoisotopic (exact) mass is 280 g/mol. The smallest absolute Gasteiger partial charge is 0.0233 e. The number of allylic oxidation sites excluding steroid dienone is 3. The minimum Gasteiger partial charge on any atom is -0.317 e. The van der Waals surface area contributed by atoms with Gasteiger partial charge in [0, 0.05) is 17.0 Å². The largest absolute Gasteiger partial charge is 0.317 e. The molecular formula is C16H28N2S. The summed E-state index contributed by atoms with van der Waals surface area (Å²) in [5.41, 5.74) is 0. The molecule has 1 saturated carbocycles. The molecule has 0 aromatic heterocycles. The molecule has 0 radical (unpaired) electrons. The second-order valence-corrected chi connectivity index (χ2v) is 5.75. The highest BCUT2D eigenvalue weighted by Crippen LogP contribution is 2.39. The van der Waals surface area contributed by atoms with E-state index in [1.54, 1.807) is 0 Å². The Labute approximate surface area is 123 Å². The van der Waals surface area contributed by atoms with Crippen molar-refractivity contribution in [1.29, 1.82) is 0 Å². The zero-order chi connectivity index (χ0) is 14.1. The first-order valence-electron chi connectivity index (χ1n) is 7.47. The van der Waals surface area contributed by atoms with E-state index in [9.17, 15) is 0 Å². The number of piperidine rings is 1. The second-order valence-electron chi connectivity index (χ2n) is 4.67. The molecule has 0 unspecified atom stereocenters. The van der Waals surface area contributed by atoms with Crippen LogP contribution in [0.2, 0.25) is 0 Å². The van der Waals surface area contributed by atoms with E-state index in [1.165, 1.54) is 30.6 Å². The Balaban J connectivity index is 0.000000861. The van der Waals surface area contributed by atoms with Crippen molar-refractivity contribution in [3.8, 4) is 0 Å². The predicted molar refractivity (Wildman–Crippen MR) is 88.2 cm³/mol. The van der Waals surface area contributed by atoms with E-state index in [4.69, 9.17) is 0 Å². The third-order valence-corrected chi connectivity index (χ3v) is 4.59. The lowest BCUT2D eigenvalue weighted by atomic mass is 10.1. The Kier molecular flexibility index (Phi) is 8.19. The van der Waals surface area contributed by atoms with Gasteiger partial charge in [-0.05, 0) is 56.8 Å². The first-order chi connectivity index (χ1) is 9.35. The Bertz CT molecular complexity index is 302. The summed E-state index contributed by atoms with van der Waals surface area (Å²) in [7, 11) is 0. The number of rotatable bonds is 6. The van der Waals surface area contributed by atoms with Crippen molar-refractivity contribution in [3.05, 3.63) is 36.3 Å². The van der Waals surface area contributed by atoms with Crippen molar-refractivity contribution in [3.63, 3.8) is 0 Å². The molecule has 1 aliphatic heterocycles. The van der Waals surface area contributed by atoms with E-state index in [2.05, 4.69) is 22.8 Å². The molecule has 1 N–H and O–H groups in total. The molecule has 1 saturated heterocycles. The third-order valence-electron chi connectivity index (χ3n) is 3.27. The quantitative estimate of drug-likeness (QED) is 0.581. The van der Waals surface area contributed by atoms with Gasteiger partial charge in [-0.3, -0.25) is 0 Å². The van der Waals surface area contributed by atoms with Gasteiger partial charge >= 0.3 is 0 Å². The molecule has 2 fully saturated rings.